The molecule has 0 aliphatic rings. The summed E-state index contributed by atoms with van der Waals surface area (Å²) in [6, 6.07) is 18.4. The van der Waals surface area contributed by atoms with Gasteiger partial charge in [0.1, 0.15) is 0 Å². The fourth-order valence-corrected chi connectivity index (χ4v) is 4.93. The van der Waals surface area contributed by atoms with Crippen LogP contribution in [0.4, 0.5) is 0 Å². The van der Waals surface area contributed by atoms with Crippen LogP contribution in [0.3, 0.4) is 0 Å². The third-order valence-electron chi connectivity index (χ3n) is 3.93. The van der Waals surface area contributed by atoms with Gasteiger partial charge in [-0.2, -0.15) is 0 Å². The first kappa shape index (κ1) is 16.2. The van der Waals surface area contributed by atoms with Gasteiger partial charge in [0, 0.05) is 0 Å². The minimum absolute atomic E-state index is 0.192. The highest BCUT2D eigenvalue weighted by atomic mass is 31.1. The molecule has 2 aromatic carbocycles. The molecule has 0 N–H and O–H groups in total. The highest BCUT2D eigenvalue weighted by molar-refractivity contribution is 7.73. The van der Waals surface area contributed by atoms with Gasteiger partial charge in [0.2, 0.25) is 0 Å². The maximum absolute atomic E-state index is 2.33. The van der Waals surface area contributed by atoms with Crippen LogP contribution in [0.25, 0.3) is 0 Å². The van der Waals surface area contributed by atoms with Gasteiger partial charge in [0.05, 0.1) is 0 Å². The molecule has 0 nitrogen and oxygen atoms in total. The SMILES string of the molecule is CCCCCCP(c1ccc(C)cc1)c1ccc(C)cc1. The third kappa shape index (κ3) is 4.97. The standard InChI is InChI=1S/C20H27P/c1-4-5-6-7-16-21(19-12-8-17(2)9-13-19)20-14-10-18(3)11-15-20/h8-15H,4-7,16H2,1-3H3. The molecule has 2 aromatic rings. The first-order valence-electron chi connectivity index (χ1n) is 8.11. The number of hydrogen-bond acceptors (Lipinski definition) is 0. The molecule has 0 amide bonds. The fourth-order valence-electron chi connectivity index (χ4n) is 2.55. The summed E-state index contributed by atoms with van der Waals surface area (Å²) in [7, 11) is -0.192. The zero-order valence-corrected chi connectivity index (χ0v) is 14.5. The smallest absolute Gasteiger partial charge is 0.0195 e. The van der Waals surface area contributed by atoms with Crippen molar-refractivity contribution in [1.29, 1.82) is 0 Å². The number of unbranched alkanes of at least 4 members (excludes halogenated alkanes) is 3. The molecule has 0 bridgehead atoms. The van der Waals surface area contributed by atoms with Gasteiger partial charge in [-0.05, 0) is 45.0 Å². The Hall–Kier alpha value is -1.13. The van der Waals surface area contributed by atoms with E-state index in [0.717, 1.165) is 0 Å². The summed E-state index contributed by atoms with van der Waals surface area (Å²) >= 11 is 0. The molecule has 0 radical (unpaired) electrons. The molecule has 0 saturated heterocycles. The average Bonchev–Trinajstić information content (AvgIpc) is 2.50. The molecule has 0 aromatic heterocycles. The summed E-state index contributed by atoms with van der Waals surface area (Å²) in [6.07, 6.45) is 6.72. The Morgan fingerprint density at radius 3 is 1.57 bits per heavy atom. The second-order valence-corrected chi connectivity index (χ2v) is 8.22. The monoisotopic (exact) mass is 298 g/mol. The predicted molar refractivity (Wildman–Crippen MR) is 97.6 cm³/mol. The van der Waals surface area contributed by atoms with E-state index in [1.165, 1.54) is 53.6 Å². The van der Waals surface area contributed by atoms with Gasteiger partial charge in [-0.1, -0.05) is 85.8 Å². The number of rotatable bonds is 7. The van der Waals surface area contributed by atoms with Gasteiger partial charge >= 0.3 is 0 Å². The lowest BCUT2D eigenvalue weighted by Gasteiger charge is -2.19. The Bertz CT molecular complexity index is 479. The van der Waals surface area contributed by atoms with Gasteiger partial charge < -0.3 is 0 Å². The van der Waals surface area contributed by atoms with Crippen LogP contribution in [0.5, 0.6) is 0 Å². The molecule has 0 atom stereocenters. The highest BCUT2D eigenvalue weighted by Crippen LogP contribution is 2.35. The molecule has 112 valence electrons. The second kappa shape index (κ2) is 8.35. The Kier molecular flexibility index (Phi) is 6.46. The highest BCUT2D eigenvalue weighted by Gasteiger charge is 2.13. The van der Waals surface area contributed by atoms with Gasteiger partial charge in [-0.25, -0.2) is 0 Å². The Labute approximate surface area is 131 Å². The maximum Gasteiger partial charge on any atom is -0.0195 e. The molecule has 0 spiro atoms. The zero-order chi connectivity index (χ0) is 15.1. The summed E-state index contributed by atoms with van der Waals surface area (Å²) in [5.41, 5.74) is 2.70. The van der Waals surface area contributed by atoms with E-state index in [9.17, 15) is 0 Å². The van der Waals surface area contributed by atoms with Crippen molar-refractivity contribution in [2.75, 3.05) is 6.16 Å². The number of hydrogen-bond donors (Lipinski definition) is 0. The lowest BCUT2D eigenvalue weighted by molar-refractivity contribution is 0.705. The van der Waals surface area contributed by atoms with Crippen LogP contribution >= 0.6 is 7.92 Å². The first-order valence-corrected chi connectivity index (χ1v) is 9.64. The number of benzene rings is 2. The van der Waals surface area contributed by atoms with Crippen LogP contribution in [0.2, 0.25) is 0 Å². The van der Waals surface area contributed by atoms with Crippen molar-refractivity contribution >= 4 is 18.5 Å². The molecule has 0 aliphatic heterocycles. The summed E-state index contributed by atoms with van der Waals surface area (Å²) < 4.78 is 0. The van der Waals surface area contributed by atoms with Gasteiger partial charge in [0.15, 0.2) is 0 Å². The van der Waals surface area contributed by atoms with Crippen LogP contribution in [0.15, 0.2) is 48.5 Å². The normalized spacial score (nSPS) is 11.0. The molecule has 0 saturated carbocycles. The van der Waals surface area contributed by atoms with E-state index in [2.05, 4.69) is 69.3 Å². The van der Waals surface area contributed by atoms with E-state index in [4.69, 9.17) is 0 Å². The minimum Gasteiger partial charge on any atom is -0.0654 e. The molecule has 2 rings (SSSR count). The Morgan fingerprint density at radius 1 is 0.667 bits per heavy atom. The van der Waals surface area contributed by atoms with Crippen molar-refractivity contribution in [3.8, 4) is 0 Å². The van der Waals surface area contributed by atoms with E-state index in [1.807, 2.05) is 0 Å². The van der Waals surface area contributed by atoms with Crippen LogP contribution < -0.4 is 10.6 Å². The van der Waals surface area contributed by atoms with Crippen molar-refractivity contribution in [3.05, 3.63) is 59.7 Å². The third-order valence-corrected chi connectivity index (χ3v) is 6.53. The number of aryl methyl sites for hydroxylation is 2. The lowest BCUT2D eigenvalue weighted by atomic mass is 10.2. The second-order valence-electron chi connectivity index (χ2n) is 5.88. The predicted octanol–water partition coefficient (Wildman–Crippen LogP) is 5.32. The van der Waals surface area contributed by atoms with E-state index in [0.29, 0.717) is 0 Å². The van der Waals surface area contributed by atoms with E-state index in [1.54, 1.807) is 0 Å². The molecule has 1 heteroatoms. The minimum atomic E-state index is -0.192. The summed E-state index contributed by atoms with van der Waals surface area (Å²) in [4.78, 5) is 0. The molecule has 0 aliphatic carbocycles. The van der Waals surface area contributed by atoms with Crippen LogP contribution in [0.1, 0.15) is 43.7 Å². The summed E-state index contributed by atoms with van der Waals surface area (Å²) in [6.45, 7) is 6.61. The Morgan fingerprint density at radius 2 is 1.14 bits per heavy atom. The van der Waals surface area contributed by atoms with Gasteiger partial charge in [-0.15, -0.1) is 0 Å². The lowest BCUT2D eigenvalue weighted by Crippen LogP contribution is -2.14. The van der Waals surface area contributed by atoms with Crippen LogP contribution in [-0.2, 0) is 0 Å². The molecule has 21 heavy (non-hydrogen) atoms. The van der Waals surface area contributed by atoms with Crippen LogP contribution in [0, 0.1) is 13.8 Å². The fraction of sp³-hybridized carbons (Fsp3) is 0.400. The van der Waals surface area contributed by atoms with E-state index >= 15 is 0 Å². The maximum atomic E-state index is 2.33. The molecule has 0 unspecified atom stereocenters. The van der Waals surface area contributed by atoms with Crippen molar-refractivity contribution in [1.82, 2.24) is 0 Å². The van der Waals surface area contributed by atoms with Crippen molar-refractivity contribution in [2.24, 2.45) is 0 Å². The van der Waals surface area contributed by atoms with Crippen molar-refractivity contribution in [2.45, 2.75) is 46.5 Å². The van der Waals surface area contributed by atoms with Crippen molar-refractivity contribution in [3.63, 3.8) is 0 Å². The Balaban J connectivity index is 2.17. The molecule has 0 fully saturated rings. The summed E-state index contributed by atoms with van der Waals surface area (Å²) in [5, 5.41) is 3.05. The molecular weight excluding hydrogens is 271 g/mol. The average molecular weight is 298 g/mol. The van der Waals surface area contributed by atoms with E-state index in [-0.39, 0.29) is 7.92 Å². The van der Waals surface area contributed by atoms with Crippen LogP contribution in [-0.4, -0.2) is 6.16 Å². The largest absolute Gasteiger partial charge is 0.0654 e. The molecular formula is C20H27P. The quantitative estimate of drug-likeness (QED) is 0.479. The first-order chi connectivity index (χ1) is 10.2. The van der Waals surface area contributed by atoms with Crippen molar-refractivity contribution < 1.29 is 0 Å². The van der Waals surface area contributed by atoms with E-state index < -0.39 is 0 Å². The van der Waals surface area contributed by atoms with Gasteiger partial charge in [0.25, 0.3) is 0 Å². The molecule has 0 heterocycles. The topological polar surface area (TPSA) is 0 Å². The zero-order valence-electron chi connectivity index (χ0n) is 13.6. The summed E-state index contributed by atoms with van der Waals surface area (Å²) in [5.74, 6) is 0. The van der Waals surface area contributed by atoms with Gasteiger partial charge in [-0.3, -0.25) is 0 Å².